The number of amides is 1. The Labute approximate surface area is 106 Å². The molecule has 0 radical (unpaired) electrons. The van der Waals surface area contributed by atoms with Gasteiger partial charge in [-0.15, -0.1) is 0 Å². The van der Waals surface area contributed by atoms with Crippen LogP contribution in [0.2, 0.25) is 0 Å². The molecule has 0 bridgehead atoms. The van der Waals surface area contributed by atoms with Crippen molar-refractivity contribution in [3.8, 4) is 0 Å². The largest absolute Gasteiger partial charge is 0.307 e. The van der Waals surface area contributed by atoms with E-state index in [1.807, 2.05) is 39.0 Å². The minimum atomic E-state index is -0.102. The molecular formula is C14H17N3O. The smallest absolute Gasteiger partial charge is 0.257 e. The molecule has 1 aromatic carbocycles. The Hall–Kier alpha value is -2.10. The molecule has 0 unspecified atom stereocenters. The van der Waals surface area contributed by atoms with E-state index in [2.05, 4.69) is 15.5 Å². The zero-order chi connectivity index (χ0) is 13.1. The summed E-state index contributed by atoms with van der Waals surface area (Å²) in [6.07, 6.45) is 2.57. The summed E-state index contributed by atoms with van der Waals surface area (Å²) in [6, 6.07) is 5.73. The van der Waals surface area contributed by atoms with Crippen LogP contribution in [0, 0.1) is 13.8 Å². The maximum Gasteiger partial charge on any atom is 0.257 e. The Morgan fingerprint density at radius 1 is 1.39 bits per heavy atom. The lowest BCUT2D eigenvalue weighted by atomic mass is 10.0. The molecule has 2 rings (SSSR count). The van der Waals surface area contributed by atoms with Crippen molar-refractivity contribution < 1.29 is 4.79 Å². The van der Waals surface area contributed by atoms with Crippen molar-refractivity contribution >= 4 is 11.7 Å². The van der Waals surface area contributed by atoms with Crippen molar-refractivity contribution in [3.63, 3.8) is 0 Å². The summed E-state index contributed by atoms with van der Waals surface area (Å²) in [5.41, 5.74) is 3.83. The van der Waals surface area contributed by atoms with Crippen molar-refractivity contribution in [3.05, 3.63) is 46.6 Å². The molecule has 0 saturated carbocycles. The number of H-pyrrole nitrogens is 1. The topological polar surface area (TPSA) is 57.8 Å². The number of aryl methyl sites for hydroxylation is 2. The number of aromatic amines is 1. The summed E-state index contributed by atoms with van der Waals surface area (Å²) in [5, 5.41) is 9.62. The first-order valence-corrected chi connectivity index (χ1v) is 6.03. The van der Waals surface area contributed by atoms with E-state index in [1.54, 1.807) is 6.20 Å². The Balaban J connectivity index is 2.25. The lowest BCUT2D eigenvalue weighted by molar-refractivity contribution is 0.102. The number of hydrogen-bond acceptors (Lipinski definition) is 2. The van der Waals surface area contributed by atoms with Crippen LogP contribution in [0.1, 0.15) is 34.0 Å². The van der Waals surface area contributed by atoms with E-state index in [0.717, 1.165) is 23.1 Å². The van der Waals surface area contributed by atoms with E-state index in [1.165, 1.54) is 0 Å². The van der Waals surface area contributed by atoms with Crippen LogP contribution in [0.3, 0.4) is 0 Å². The van der Waals surface area contributed by atoms with Gasteiger partial charge < -0.3 is 5.32 Å². The first-order valence-electron chi connectivity index (χ1n) is 6.03. The van der Waals surface area contributed by atoms with Crippen molar-refractivity contribution in [1.29, 1.82) is 0 Å². The highest BCUT2D eigenvalue weighted by Crippen LogP contribution is 2.16. The number of carbonyl (C=O) groups is 1. The van der Waals surface area contributed by atoms with E-state index < -0.39 is 0 Å². The monoisotopic (exact) mass is 243 g/mol. The summed E-state index contributed by atoms with van der Waals surface area (Å²) < 4.78 is 0. The van der Waals surface area contributed by atoms with Gasteiger partial charge in [0, 0.05) is 11.1 Å². The fourth-order valence-corrected chi connectivity index (χ4v) is 1.87. The fourth-order valence-electron chi connectivity index (χ4n) is 1.87. The minimum absolute atomic E-state index is 0.102. The van der Waals surface area contributed by atoms with Gasteiger partial charge in [-0.2, -0.15) is 5.10 Å². The minimum Gasteiger partial charge on any atom is -0.307 e. The molecule has 1 amide bonds. The van der Waals surface area contributed by atoms with E-state index in [4.69, 9.17) is 0 Å². The lowest BCUT2D eigenvalue weighted by Crippen LogP contribution is -2.15. The Morgan fingerprint density at radius 2 is 2.17 bits per heavy atom. The number of rotatable bonds is 3. The van der Waals surface area contributed by atoms with E-state index in [9.17, 15) is 4.79 Å². The number of anilines is 1. The molecule has 1 heterocycles. The quantitative estimate of drug-likeness (QED) is 0.870. The second kappa shape index (κ2) is 5.04. The summed E-state index contributed by atoms with van der Waals surface area (Å²) in [5.74, 6) is 0.582. The molecular weight excluding hydrogens is 226 g/mol. The number of carbonyl (C=O) groups excluding carboxylic acids is 1. The summed E-state index contributed by atoms with van der Waals surface area (Å²) in [4.78, 5) is 12.2. The van der Waals surface area contributed by atoms with Crippen LogP contribution in [0.25, 0.3) is 0 Å². The van der Waals surface area contributed by atoms with Crippen LogP contribution in [-0.4, -0.2) is 16.1 Å². The Kier molecular flexibility index (Phi) is 3.46. The molecule has 0 fully saturated rings. The second-order valence-corrected chi connectivity index (χ2v) is 4.33. The van der Waals surface area contributed by atoms with Gasteiger partial charge in [-0.25, -0.2) is 0 Å². The normalized spacial score (nSPS) is 10.4. The van der Waals surface area contributed by atoms with Gasteiger partial charge in [0.25, 0.3) is 5.91 Å². The van der Waals surface area contributed by atoms with Crippen LogP contribution in [0.5, 0.6) is 0 Å². The number of aromatic nitrogens is 2. The molecule has 0 spiro atoms. The fraction of sp³-hybridized carbons (Fsp3) is 0.286. The van der Waals surface area contributed by atoms with Crippen LogP contribution in [0.15, 0.2) is 24.4 Å². The lowest BCUT2D eigenvalue weighted by Gasteiger charge is -2.09. The van der Waals surface area contributed by atoms with Crippen LogP contribution < -0.4 is 5.32 Å². The molecule has 94 valence electrons. The zero-order valence-electron chi connectivity index (χ0n) is 10.9. The SMILES string of the molecule is CCc1cn[nH]c1NC(=O)c1cccc(C)c1C. The second-order valence-electron chi connectivity index (χ2n) is 4.33. The predicted molar refractivity (Wildman–Crippen MR) is 71.8 cm³/mol. The molecule has 0 aliphatic heterocycles. The average Bonchev–Trinajstić information content (AvgIpc) is 2.79. The summed E-state index contributed by atoms with van der Waals surface area (Å²) in [7, 11) is 0. The summed E-state index contributed by atoms with van der Waals surface area (Å²) >= 11 is 0. The number of nitrogens with one attached hydrogen (secondary N) is 2. The van der Waals surface area contributed by atoms with Crippen LogP contribution >= 0.6 is 0 Å². The molecule has 4 nitrogen and oxygen atoms in total. The molecule has 0 atom stereocenters. The number of hydrogen-bond donors (Lipinski definition) is 2. The maximum atomic E-state index is 12.2. The number of nitrogens with zero attached hydrogens (tertiary/aromatic N) is 1. The molecule has 0 aliphatic carbocycles. The molecule has 0 saturated heterocycles. The maximum absolute atomic E-state index is 12.2. The number of benzene rings is 1. The Bertz CT molecular complexity index is 572. The molecule has 2 N–H and O–H groups in total. The first-order chi connectivity index (χ1) is 8.63. The molecule has 2 aromatic rings. The third-order valence-corrected chi connectivity index (χ3v) is 3.19. The molecule has 1 aromatic heterocycles. The average molecular weight is 243 g/mol. The highest BCUT2D eigenvalue weighted by molar-refractivity contribution is 6.05. The van der Waals surface area contributed by atoms with Gasteiger partial charge in [0.15, 0.2) is 0 Å². The Morgan fingerprint density at radius 3 is 2.89 bits per heavy atom. The third kappa shape index (κ3) is 2.27. The molecule has 4 heteroatoms. The van der Waals surface area contributed by atoms with Gasteiger partial charge in [-0.05, 0) is 37.5 Å². The molecule has 0 aliphatic rings. The van der Waals surface area contributed by atoms with Crippen LogP contribution in [0.4, 0.5) is 5.82 Å². The third-order valence-electron chi connectivity index (χ3n) is 3.19. The van der Waals surface area contributed by atoms with Crippen molar-refractivity contribution in [1.82, 2.24) is 10.2 Å². The standard InChI is InChI=1S/C14H17N3O/c1-4-11-8-15-17-13(11)16-14(18)12-7-5-6-9(2)10(12)3/h5-8H,4H2,1-3H3,(H2,15,16,17,18). The van der Waals surface area contributed by atoms with Crippen molar-refractivity contribution in [2.75, 3.05) is 5.32 Å². The molecule has 18 heavy (non-hydrogen) atoms. The van der Waals surface area contributed by atoms with Gasteiger partial charge in [0.2, 0.25) is 0 Å². The zero-order valence-corrected chi connectivity index (χ0v) is 10.9. The summed E-state index contributed by atoms with van der Waals surface area (Å²) in [6.45, 7) is 5.98. The van der Waals surface area contributed by atoms with Crippen molar-refractivity contribution in [2.45, 2.75) is 27.2 Å². The van der Waals surface area contributed by atoms with Gasteiger partial charge in [0.05, 0.1) is 6.20 Å². The van der Waals surface area contributed by atoms with Gasteiger partial charge in [-0.3, -0.25) is 9.89 Å². The van der Waals surface area contributed by atoms with Gasteiger partial charge in [-0.1, -0.05) is 19.1 Å². The van der Waals surface area contributed by atoms with Crippen LogP contribution in [-0.2, 0) is 6.42 Å². The van der Waals surface area contributed by atoms with E-state index in [0.29, 0.717) is 11.4 Å². The van der Waals surface area contributed by atoms with Crippen molar-refractivity contribution in [2.24, 2.45) is 0 Å². The highest BCUT2D eigenvalue weighted by Gasteiger charge is 2.12. The van der Waals surface area contributed by atoms with Gasteiger partial charge in [0.1, 0.15) is 5.82 Å². The predicted octanol–water partition coefficient (Wildman–Crippen LogP) is 2.84. The first kappa shape index (κ1) is 12.4. The van der Waals surface area contributed by atoms with Gasteiger partial charge >= 0.3 is 0 Å². The highest BCUT2D eigenvalue weighted by atomic mass is 16.1. The van der Waals surface area contributed by atoms with E-state index in [-0.39, 0.29) is 5.91 Å². The van der Waals surface area contributed by atoms with E-state index >= 15 is 0 Å².